The van der Waals surface area contributed by atoms with Crippen molar-refractivity contribution in [3.8, 4) is 0 Å². The molecule has 3 aliphatic heterocycles. The van der Waals surface area contributed by atoms with E-state index in [1.165, 1.54) is 18.6 Å². The first-order chi connectivity index (χ1) is 5.85. The van der Waals surface area contributed by atoms with Crippen molar-refractivity contribution in [2.24, 2.45) is 5.92 Å². The van der Waals surface area contributed by atoms with Crippen molar-refractivity contribution in [2.75, 3.05) is 19.0 Å². The molecular weight excluding hydrogens is 172 g/mol. The summed E-state index contributed by atoms with van der Waals surface area (Å²) in [6.45, 7) is 4.03. The van der Waals surface area contributed by atoms with Gasteiger partial charge in [-0.1, -0.05) is 25.1 Å². The fourth-order valence-electron chi connectivity index (χ4n) is 1.61. The summed E-state index contributed by atoms with van der Waals surface area (Å²) in [5.74, 6) is 1.88. The molecule has 12 heavy (non-hydrogen) atoms. The molecule has 0 spiro atoms. The van der Waals surface area contributed by atoms with Crippen LogP contribution >= 0.6 is 11.8 Å². The predicted octanol–water partition coefficient (Wildman–Crippen LogP) is 2.24. The van der Waals surface area contributed by atoms with Crippen LogP contribution in [0.3, 0.4) is 0 Å². The SMILES string of the molecule is CCCCC12OCC(CO1)CS2. The van der Waals surface area contributed by atoms with E-state index in [2.05, 4.69) is 6.92 Å². The van der Waals surface area contributed by atoms with Gasteiger partial charge in [-0.2, -0.15) is 0 Å². The average Bonchev–Trinajstić information content (AvgIpc) is 2.18. The third-order valence-electron chi connectivity index (χ3n) is 2.45. The summed E-state index contributed by atoms with van der Waals surface area (Å²) in [6.07, 6.45) is 3.48. The van der Waals surface area contributed by atoms with Crippen LogP contribution in [-0.2, 0) is 9.47 Å². The number of hydrogen-bond donors (Lipinski definition) is 0. The summed E-state index contributed by atoms with van der Waals surface area (Å²) in [5, 5.41) is -0.245. The van der Waals surface area contributed by atoms with Crippen LogP contribution in [0.4, 0.5) is 0 Å². The molecule has 0 radical (unpaired) electrons. The van der Waals surface area contributed by atoms with Crippen LogP contribution in [0.25, 0.3) is 0 Å². The molecule has 0 atom stereocenters. The number of hydrogen-bond acceptors (Lipinski definition) is 3. The lowest BCUT2D eigenvalue weighted by Gasteiger charge is -2.45. The van der Waals surface area contributed by atoms with Crippen LogP contribution in [0, 0.1) is 5.92 Å². The van der Waals surface area contributed by atoms with Crippen molar-refractivity contribution in [3.05, 3.63) is 0 Å². The van der Waals surface area contributed by atoms with E-state index in [1.54, 1.807) is 0 Å². The van der Waals surface area contributed by atoms with Crippen molar-refractivity contribution in [1.29, 1.82) is 0 Å². The van der Waals surface area contributed by atoms with Gasteiger partial charge in [0.05, 0.1) is 13.2 Å². The van der Waals surface area contributed by atoms with Crippen LogP contribution in [0.5, 0.6) is 0 Å². The molecular formula is C9H16O2S. The zero-order chi connectivity index (χ0) is 8.44. The molecule has 0 aliphatic carbocycles. The van der Waals surface area contributed by atoms with Gasteiger partial charge >= 0.3 is 0 Å². The molecule has 3 saturated heterocycles. The summed E-state index contributed by atoms with van der Waals surface area (Å²) in [4.78, 5) is 0. The lowest BCUT2D eigenvalue weighted by Crippen LogP contribution is -2.48. The van der Waals surface area contributed by atoms with E-state index in [4.69, 9.17) is 9.47 Å². The van der Waals surface area contributed by atoms with Crippen LogP contribution in [0.1, 0.15) is 26.2 Å². The van der Waals surface area contributed by atoms with Crippen LogP contribution in [-0.4, -0.2) is 24.1 Å². The van der Waals surface area contributed by atoms with Gasteiger partial charge in [-0.3, -0.25) is 0 Å². The number of rotatable bonds is 3. The van der Waals surface area contributed by atoms with Crippen molar-refractivity contribution in [2.45, 2.75) is 31.3 Å². The lowest BCUT2D eigenvalue weighted by molar-refractivity contribution is -0.234. The van der Waals surface area contributed by atoms with Crippen molar-refractivity contribution < 1.29 is 9.47 Å². The summed E-state index contributed by atoms with van der Waals surface area (Å²) in [7, 11) is 0. The van der Waals surface area contributed by atoms with Gasteiger partial charge in [-0.05, 0) is 6.42 Å². The highest BCUT2D eigenvalue weighted by molar-refractivity contribution is 8.00. The van der Waals surface area contributed by atoms with Gasteiger partial charge in [0.15, 0.2) is 0 Å². The van der Waals surface area contributed by atoms with Gasteiger partial charge in [0.25, 0.3) is 0 Å². The van der Waals surface area contributed by atoms with E-state index in [-0.39, 0.29) is 5.12 Å². The molecule has 2 nitrogen and oxygen atoms in total. The molecule has 0 unspecified atom stereocenters. The first kappa shape index (κ1) is 8.85. The van der Waals surface area contributed by atoms with Crippen LogP contribution in [0.15, 0.2) is 0 Å². The molecule has 0 aromatic rings. The quantitative estimate of drug-likeness (QED) is 0.676. The third-order valence-corrected chi connectivity index (χ3v) is 3.97. The highest BCUT2D eigenvalue weighted by Gasteiger charge is 2.43. The summed E-state index contributed by atoms with van der Waals surface area (Å²) in [5.41, 5.74) is 0. The summed E-state index contributed by atoms with van der Waals surface area (Å²) >= 11 is 1.86. The zero-order valence-corrected chi connectivity index (χ0v) is 8.36. The van der Waals surface area contributed by atoms with Gasteiger partial charge in [0, 0.05) is 18.1 Å². The van der Waals surface area contributed by atoms with Gasteiger partial charge in [0.1, 0.15) is 0 Å². The Hall–Kier alpha value is 0.270. The molecule has 0 aromatic heterocycles. The topological polar surface area (TPSA) is 18.5 Å². The molecule has 0 aromatic carbocycles. The normalized spacial score (nSPS) is 40.2. The van der Waals surface area contributed by atoms with Gasteiger partial charge in [-0.15, -0.1) is 0 Å². The largest absolute Gasteiger partial charge is 0.341 e. The number of unbranched alkanes of at least 4 members (excludes halogenated alkanes) is 1. The predicted molar refractivity (Wildman–Crippen MR) is 50.1 cm³/mol. The van der Waals surface area contributed by atoms with E-state index in [9.17, 15) is 0 Å². The molecule has 3 rings (SSSR count). The summed E-state index contributed by atoms with van der Waals surface area (Å²) in [6, 6.07) is 0. The second kappa shape index (κ2) is 3.56. The minimum atomic E-state index is -0.245. The number of thioether (sulfide) groups is 1. The van der Waals surface area contributed by atoms with E-state index >= 15 is 0 Å². The van der Waals surface area contributed by atoms with Crippen molar-refractivity contribution in [1.82, 2.24) is 0 Å². The molecule has 0 saturated carbocycles. The van der Waals surface area contributed by atoms with E-state index in [0.29, 0.717) is 5.92 Å². The Morgan fingerprint density at radius 2 is 2.17 bits per heavy atom. The molecule has 3 heteroatoms. The van der Waals surface area contributed by atoms with Crippen molar-refractivity contribution >= 4 is 11.8 Å². The number of ether oxygens (including phenoxy) is 2. The van der Waals surface area contributed by atoms with Crippen LogP contribution in [0.2, 0.25) is 0 Å². The highest BCUT2D eigenvalue weighted by Crippen LogP contribution is 2.43. The maximum absolute atomic E-state index is 5.71. The molecule has 70 valence electrons. The van der Waals surface area contributed by atoms with Crippen LogP contribution < -0.4 is 0 Å². The average molecular weight is 188 g/mol. The Kier molecular flexibility index (Phi) is 2.63. The van der Waals surface area contributed by atoms with Gasteiger partial charge < -0.3 is 9.47 Å². The second-order valence-corrected chi connectivity index (χ2v) is 4.83. The third kappa shape index (κ3) is 1.63. The molecule has 2 bridgehead atoms. The highest BCUT2D eigenvalue weighted by atomic mass is 32.2. The fourth-order valence-corrected chi connectivity index (χ4v) is 2.89. The standard InChI is InChI=1S/C9H16O2S/c1-2-3-4-9-10-5-8(6-11-9)7-12-9/h8H,2-7H2,1H3. The fraction of sp³-hybridized carbons (Fsp3) is 1.00. The molecule has 3 aliphatic rings. The zero-order valence-electron chi connectivity index (χ0n) is 7.54. The Bertz CT molecular complexity index is 139. The first-order valence-electron chi connectivity index (χ1n) is 4.76. The summed E-state index contributed by atoms with van der Waals surface area (Å²) < 4.78 is 11.4. The second-order valence-electron chi connectivity index (χ2n) is 3.59. The van der Waals surface area contributed by atoms with E-state index < -0.39 is 0 Å². The van der Waals surface area contributed by atoms with Gasteiger partial charge in [0.2, 0.25) is 5.12 Å². The molecule has 0 N–H and O–H groups in total. The van der Waals surface area contributed by atoms with Gasteiger partial charge in [-0.25, -0.2) is 0 Å². The van der Waals surface area contributed by atoms with E-state index in [1.807, 2.05) is 11.8 Å². The monoisotopic (exact) mass is 188 g/mol. The lowest BCUT2D eigenvalue weighted by atomic mass is 10.1. The Morgan fingerprint density at radius 3 is 2.67 bits per heavy atom. The molecule has 0 amide bonds. The van der Waals surface area contributed by atoms with E-state index in [0.717, 1.165) is 19.6 Å². The maximum Gasteiger partial charge on any atom is 0.218 e. The smallest absolute Gasteiger partial charge is 0.218 e. The minimum absolute atomic E-state index is 0.245. The Labute approximate surface area is 78.0 Å². The Morgan fingerprint density at radius 1 is 1.42 bits per heavy atom. The molecule has 3 heterocycles. The molecule has 3 fully saturated rings. The Balaban J connectivity index is 1.90. The minimum Gasteiger partial charge on any atom is -0.341 e. The first-order valence-corrected chi connectivity index (χ1v) is 5.75. The van der Waals surface area contributed by atoms with Crippen molar-refractivity contribution in [3.63, 3.8) is 0 Å². The number of fused-ring (bicyclic) bond motifs is 3. The maximum atomic E-state index is 5.71.